The van der Waals surface area contributed by atoms with Gasteiger partial charge in [0.25, 0.3) is 0 Å². The third-order valence-electron chi connectivity index (χ3n) is 5.60. The van der Waals surface area contributed by atoms with E-state index < -0.39 is 6.09 Å². The maximum atomic E-state index is 12.0. The molecule has 0 fully saturated rings. The van der Waals surface area contributed by atoms with Crippen LogP contribution in [-0.4, -0.2) is 44.6 Å². The molecule has 4 aromatic rings. The van der Waals surface area contributed by atoms with Gasteiger partial charge in [-0.2, -0.15) is 0 Å². The molecule has 9 heteroatoms. The molecule has 0 unspecified atom stereocenters. The summed E-state index contributed by atoms with van der Waals surface area (Å²) in [5.41, 5.74) is 1.94. The van der Waals surface area contributed by atoms with Crippen LogP contribution >= 0.6 is 0 Å². The Morgan fingerprint density at radius 2 is 1.42 bits per heavy atom. The SMILES string of the molecule is COc1ccc(CN(C(=O)O)c2ccc(Oc3ccnc4cc(OC)c(OC)cc34)cc2)cc1OC. The predicted octanol–water partition coefficient (Wildman–Crippen LogP) is 5.75. The first-order valence-corrected chi connectivity index (χ1v) is 11.0. The molecular weight excluding hydrogens is 464 g/mol. The van der Waals surface area contributed by atoms with Crippen LogP contribution < -0.4 is 28.6 Å². The fourth-order valence-electron chi connectivity index (χ4n) is 3.79. The predicted molar refractivity (Wildman–Crippen MR) is 135 cm³/mol. The average molecular weight is 491 g/mol. The number of methoxy groups -OCH3 is 4. The molecule has 1 N–H and O–H groups in total. The van der Waals surface area contributed by atoms with Crippen molar-refractivity contribution in [1.82, 2.24) is 4.98 Å². The number of anilines is 1. The fraction of sp³-hybridized carbons (Fsp3) is 0.185. The van der Waals surface area contributed by atoms with E-state index in [1.54, 1.807) is 88.2 Å². The van der Waals surface area contributed by atoms with Gasteiger partial charge in [0.15, 0.2) is 23.0 Å². The van der Waals surface area contributed by atoms with Crippen LogP contribution in [0.25, 0.3) is 10.9 Å². The number of fused-ring (bicyclic) bond motifs is 1. The lowest BCUT2D eigenvalue weighted by atomic mass is 10.1. The zero-order chi connectivity index (χ0) is 25.7. The summed E-state index contributed by atoms with van der Waals surface area (Å²) in [6, 6.07) is 17.4. The number of carbonyl (C=O) groups is 1. The molecule has 0 aliphatic heterocycles. The smallest absolute Gasteiger partial charge is 0.412 e. The lowest BCUT2D eigenvalue weighted by Gasteiger charge is -2.20. The molecule has 1 heterocycles. The number of rotatable bonds is 9. The van der Waals surface area contributed by atoms with Gasteiger partial charge in [-0.3, -0.25) is 9.88 Å². The number of pyridine rings is 1. The molecule has 0 aliphatic carbocycles. The summed E-state index contributed by atoms with van der Waals surface area (Å²) in [7, 11) is 6.22. The van der Waals surface area contributed by atoms with Gasteiger partial charge in [0.05, 0.1) is 40.5 Å². The zero-order valence-electron chi connectivity index (χ0n) is 20.3. The van der Waals surface area contributed by atoms with Gasteiger partial charge in [-0.05, 0) is 54.1 Å². The van der Waals surface area contributed by atoms with E-state index in [9.17, 15) is 9.90 Å². The molecule has 1 aromatic heterocycles. The molecule has 0 saturated carbocycles. The second-order valence-corrected chi connectivity index (χ2v) is 7.69. The molecule has 1 amide bonds. The Labute approximate surface area is 208 Å². The molecule has 3 aromatic carbocycles. The van der Waals surface area contributed by atoms with Gasteiger partial charge in [0.1, 0.15) is 11.5 Å². The van der Waals surface area contributed by atoms with Crippen LogP contribution in [-0.2, 0) is 6.54 Å². The van der Waals surface area contributed by atoms with Crippen molar-refractivity contribution in [3.63, 3.8) is 0 Å². The highest BCUT2D eigenvalue weighted by Gasteiger charge is 2.17. The molecule has 0 aliphatic rings. The summed E-state index contributed by atoms with van der Waals surface area (Å²) in [6.45, 7) is 0.131. The molecule has 0 saturated heterocycles. The van der Waals surface area contributed by atoms with Crippen LogP contribution in [0.15, 0.2) is 66.9 Å². The number of nitrogens with zero attached hydrogens (tertiary/aromatic N) is 2. The molecule has 0 radical (unpaired) electrons. The summed E-state index contributed by atoms with van der Waals surface area (Å²) in [4.78, 5) is 17.6. The first-order chi connectivity index (χ1) is 17.5. The van der Waals surface area contributed by atoms with Crippen molar-refractivity contribution in [2.24, 2.45) is 0 Å². The van der Waals surface area contributed by atoms with E-state index >= 15 is 0 Å². The Hall–Kier alpha value is -4.66. The molecule has 9 nitrogen and oxygen atoms in total. The summed E-state index contributed by atoms with van der Waals surface area (Å²) in [5.74, 6) is 3.35. The van der Waals surface area contributed by atoms with Crippen LogP contribution in [0.4, 0.5) is 10.5 Å². The summed E-state index contributed by atoms with van der Waals surface area (Å²) in [6.07, 6.45) is 0.562. The Kier molecular flexibility index (Phi) is 7.29. The number of hydrogen-bond acceptors (Lipinski definition) is 7. The monoisotopic (exact) mass is 490 g/mol. The highest BCUT2D eigenvalue weighted by molar-refractivity contribution is 5.88. The number of hydrogen-bond donors (Lipinski definition) is 1. The Balaban J connectivity index is 1.58. The molecule has 0 spiro atoms. The number of aromatic nitrogens is 1. The normalized spacial score (nSPS) is 10.6. The highest BCUT2D eigenvalue weighted by atomic mass is 16.5. The van der Waals surface area contributed by atoms with Gasteiger partial charge in [0, 0.05) is 23.3 Å². The maximum absolute atomic E-state index is 12.0. The lowest BCUT2D eigenvalue weighted by Crippen LogP contribution is -2.28. The Morgan fingerprint density at radius 3 is 2.06 bits per heavy atom. The van der Waals surface area contributed by atoms with Crippen LogP contribution in [0.2, 0.25) is 0 Å². The van der Waals surface area contributed by atoms with E-state index in [1.165, 1.54) is 12.0 Å². The van der Waals surface area contributed by atoms with Crippen molar-refractivity contribution in [2.75, 3.05) is 33.3 Å². The van der Waals surface area contributed by atoms with E-state index in [4.69, 9.17) is 23.7 Å². The van der Waals surface area contributed by atoms with Gasteiger partial charge in [-0.1, -0.05) is 6.07 Å². The third kappa shape index (κ3) is 5.05. The summed E-state index contributed by atoms with van der Waals surface area (Å²) >= 11 is 0. The average Bonchev–Trinajstić information content (AvgIpc) is 2.91. The Morgan fingerprint density at radius 1 is 0.778 bits per heavy atom. The lowest BCUT2D eigenvalue weighted by molar-refractivity contribution is 0.201. The van der Waals surface area contributed by atoms with Gasteiger partial charge in [-0.25, -0.2) is 4.79 Å². The Bertz CT molecular complexity index is 1370. The largest absolute Gasteiger partial charge is 0.493 e. The van der Waals surface area contributed by atoms with E-state index in [1.807, 2.05) is 0 Å². The molecule has 4 rings (SSSR count). The topological polar surface area (TPSA) is 99.6 Å². The number of benzene rings is 3. The summed E-state index contributed by atoms with van der Waals surface area (Å²) in [5, 5.41) is 10.6. The van der Waals surface area contributed by atoms with Gasteiger partial charge < -0.3 is 28.8 Å². The van der Waals surface area contributed by atoms with Crippen LogP contribution in [0, 0.1) is 0 Å². The fourth-order valence-corrected chi connectivity index (χ4v) is 3.79. The first kappa shape index (κ1) is 24.5. The number of amides is 1. The first-order valence-electron chi connectivity index (χ1n) is 11.0. The van der Waals surface area contributed by atoms with E-state index in [0.717, 1.165) is 10.9 Å². The molecule has 0 atom stereocenters. The van der Waals surface area contributed by atoms with Crippen molar-refractivity contribution in [3.8, 4) is 34.5 Å². The zero-order valence-corrected chi connectivity index (χ0v) is 20.3. The van der Waals surface area contributed by atoms with Crippen molar-refractivity contribution in [1.29, 1.82) is 0 Å². The van der Waals surface area contributed by atoms with E-state index in [-0.39, 0.29) is 6.54 Å². The van der Waals surface area contributed by atoms with Crippen molar-refractivity contribution in [2.45, 2.75) is 6.54 Å². The molecular formula is C27H26N2O7. The van der Waals surface area contributed by atoms with Gasteiger partial charge in [0.2, 0.25) is 0 Å². The van der Waals surface area contributed by atoms with Gasteiger partial charge in [-0.15, -0.1) is 0 Å². The van der Waals surface area contributed by atoms with Crippen molar-refractivity contribution < 1.29 is 33.6 Å². The maximum Gasteiger partial charge on any atom is 0.412 e. The van der Waals surface area contributed by atoms with Crippen molar-refractivity contribution >= 4 is 22.7 Å². The second kappa shape index (κ2) is 10.7. The van der Waals surface area contributed by atoms with Gasteiger partial charge >= 0.3 is 6.09 Å². The molecule has 0 bridgehead atoms. The van der Waals surface area contributed by atoms with Crippen LogP contribution in [0.3, 0.4) is 0 Å². The number of ether oxygens (including phenoxy) is 5. The van der Waals surface area contributed by atoms with Crippen LogP contribution in [0.5, 0.6) is 34.5 Å². The minimum Gasteiger partial charge on any atom is -0.493 e. The minimum atomic E-state index is -1.08. The highest BCUT2D eigenvalue weighted by Crippen LogP contribution is 2.37. The second-order valence-electron chi connectivity index (χ2n) is 7.69. The minimum absolute atomic E-state index is 0.131. The third-order valence-corrected chi connectivity index (χ3v) is 5.60. The standard InChI is InChI=1S/C27H26N2O7/c1-32-23-10-5-17(13-24(23)33-2)16-29(27(30)31)18-6-8-19(9-7-18)36-22-11-12-28-21-15-26(35-4)25(34-3)14-20(21)22/h5-15H,16H2,1-4H3,(H,30,31). The van der Waals surface area contributed by atoms with E-state index in [2.05, 4.69) is 4.98 Å². The van der Waals surface area contributed by atoms with E-state index in [0.29, 0.717) is 45.7 Å². The molecule has 186 valence electrons. The quantitative estimate of drug-likeness (QED) is 0.317. The van der Waals surface area contributed by atoms with Crippen molar-refractivity contribution in [3.05, 3.63) is 72.4 Å². The molecule has 36 heavy (non-hydrogen) atoms. The van der Waals surface area contributed by atoms with Crippen LogP contribution in [0.1, 0.15) is 5.56 Å². The number of carboxylic acid groups (broad SMARTS) is 1. The summed E-state index contributed by atoms with van der Waals surface area (Å²) < 4.78 is 27.4.